The van der Waals surface area contributed by atoms with Crippen LogP contribution in [0.5, 0.6) is 0 Å². The summed E-state index contributed by atoms with van der Waals surface area (Å²) in [4.78, 5) is 16.2. The van der Waals surface area contributed by atoms with E-state index in [-0.39, 0.29) is 16.3 Å². The van der Waals surface area contributed by atoms with Crippen LogP contribution in [0.15, 0.2) is 71.8 Å². The number of para-hydroxylation sites is 1. The first-order valence-electron chi connectivity index (χ1n) is 9.09. The number of aryl methyl sites for hydroxylation is 1. The largest absolute Gasteiger partial charge is 0.307 e. The Morgan fingerprint density at radius 2 is 1.79 bits per heavy atom. The molecule has 1 N–H and O–H groups in total. The summed E-state index contributed by atoms with van der Waals surface area (Å²) in [7, 11) is -3.73. The lowest BCUT2D eigenvalue weighted by Gasteiger charge is -2.30. The summed E-state index contributed by atoms with van der Waals surface area (Å²) in [5.74, 6) is -0.758. The number of nitrogens with one attached hydrogen (secondary N) is 1. The number of nitrogens with zero attached hydrogens (tertiary/aromatic N) is 2. The number of hydrogen-bond donors (Lipinski definition) is 1. The van der Waals surface area contributed by atoms with Crippen LogP contribution in [0.3, 0.4) is 0 Å². The van der Waals surface area contributed by atoms with Crippen LogP contribution in [-0.4, -0.2) is 25.9 Å². The number of hydrogen-bond acceptors (Lipinski definition) is 4. The van der Waals surface area contributed by atoms with Gasteiger partial charge in [0.15, 0.2) is 0 Å². The Labute approximate surface area is 168 Å². The number of aromatic nitrogens is 1. The summed E-state index contributed by atoms with van der Waals surface area (Å²) in [5.41, 5.74) is 1.97. The second-order valence-corrected chi connectivity index (χ2v) is 8.51. The van der Waals surface area contributed by atoms with Gasteiger partial charge >= 0.3 is 0 Å². The maximum atomic E-state index is 13.1. The molecule has 148 valence electrons. The van der Waals surface area contributed by atoms with E-state index in [4.69, 9.17) is 0 Å². The molecular weight excluding hydrogens is 393 g/mol. The number of pyridine rings is 1. The molecule has 1 aromatic heterocycles. The minimum absolute atomic E-state index is 0.116. The summed E-state index contributed by atoms with van der Waals surface area (Å²) < 4.78 is 40.6. The van der Waals surface area contributed by atoms with Crippen molar-refractivity contribution in [3.8, 4) is 0 Å². The van der Waals surface area contributed by atoms with Crippen molar-refractivity contribution in [1.29, 1.82) is 0 Å². The van der Waals surface area contributed by atoms with E-state index in [1.807, 2.05) is 24.3 Å². The molecule has 1 aliphatic heterocycles. The number of carbonyl (C=O) groups is 1. The third kappa shape index (κ3) is 3.84. The minimum atomic E-state index is -3.73. The summed E-state index contributed by atoms with van der Waals surface area (Å²) in [6, 6.07) is 15.7. The molecule has 4 rings (SSSR count). The topological polar surface area (TPSA) is 79.4 Å². The summed E-state index contributed by atoms with van der Waals surface area (Å²) >= 11 is 0. The van der Waals surface area contributed by atoms with Gasteiger partial charge in [0.1, 0.15) is 11.6 Å². The molecule has 0 unspecified atom stereocenters. The van der Waals surface area contributed by atoms with Crippen LogP contribution in [0.2, 0.25) is 0 Å². The highest BCUT2D eigenvalue weighted by Crippen LogP contribution is 2.31. The predicted molar refractivity (Wildman–Crippen MR) is 108 cm³/mol. The van der Waals surface area contributed by atoms with Crippen LogP contribution >= 0.6 is 0 Å². The van der Waals surface area contributed by atoms with Gasteiger partial charge in [0.05, 0.1) is 16.8 Å². The second-order valence-electron chi connectivity index (χ2n) is 6.65. The number of fused-ring (bicyclic) bond motifs is 1. The molecular formula is C21H18FN3O3S. The molecule has 1 amide bonds. The van der Waals surface area contributed by atoms with Crippen LogP contribution in [0.1, 0.15) is 22.3 Å². The Morgan fingerprint density at radius 3 is 2.52 bits per heavy atom. The third-order valence-electron chi connectivity index (χ3n) is 4.74. The first-order chi connectivity index (χ1) is 13.9. The Morgan fingerprint density at radius 1 is 1.03 bits per heavy atom. The van der Waals surface area contributed by atoms with Crippen LogP contribution in [0.4, 0.5) is 15.9 Å². The number of amides is 1. The average Bonchev–Trinajstić information content (AvgIpc) is 2.75. The fourth-order valence-corrected chi connectivity index (χ4v) is 4.83. The van der Waals surface area contributed by atoms with Gasteiger partial charge in [0.25, 0.3) is 15.9 Å². The number of carbonyl (C=O) groups excluding carboxylic acids is 1. The van der Waals surface area contributed by atoms with Crippen molar-refractivity contribution in [2.24, 2.45) is 0 Å². The summed E-state index contributed by atoms with van der Waals surface area (Å²) in [6.45, 7) is 0.415. The van der Waals surface area contributed by atoms with Crippen molar-refractivity contribution in [3.05, 3.63) is 83.8 Å². The van der Waals surface area contributed by atoms with Gasteiger partial charge in [-0.25, -0.2) is 17.8 Å². The summed E-state index contributed by atoms with van der Waals surface area (Å²) in [6.07, 6.45) is 2.60. The Bertz CT molecular complexity index is 1150. The molecule has 6 nitrogen and oxygen atoms in total. The highest BCUT2D eigenvalue weighted by atomic mass is 32.2. The fourth-order valence-electron chi connectivity index (χ4n) is 3.29. The lowest BCUT2D eigenvalue weighted by molar-refractivity contribution is 0.102. The molecule has 1 aliphatic rings. The molecule has 2 heterocycles. The Hall–Kier alpha value is -3.26. The number of rotatable bonds is 4. The molecule has 0 fully saturated rings. The first-order valence-corrected chi connectivity index (χ1v) is 10.5. The van der Waals surface area contributed by atoms with Crippen molar-refractivity contribution < 1.29 is 17.6 Å². The number of halogens is 1. The zero-order chi connectivity index (χ0) is 20.4. The molecule has 0 bridgehead atoms. The first kappa shape index (κ1) is 19.1. The third-order valence-corrected chi connectivity index (χ3v) is 6.57. The van der Waals surface area contributed by atoms with Gasteiger partial charge in [-0.15, -0.1) is 0 Å². The normalized spacial score (nSPS) is 13.6. The number of benzene rings is 2. The van der Waals surface area contributed by atoms with Gasteiger partial charge in [-0.3, -0.25) is 9.10 Å². The fraction of sp³-hybridized carbons (Fsp3) is 0.143. The van der Waals surface area contributed by atoms with Crippen LogP contribution in [0, 0.1) is 5.82 Å². The SMILES string of the molecule is O=C(Nc1ccc(F)cn1)c1ccc(S(=O)(=O)N2CCCc3ccccc32)cc1. The molecule has 2 aromatic carbocycles. The monoisotopic (exact) mass is 411 g/mol. The van der Waals surface area contributed by atoms with Gasteiger partial charge < -0.3 is 5.32 Å². The molecule has 29 heavy (non-hydrogen) atoms. The van der Waals surface area contributed by atoms with Gasteiger partial charge in [-0.1, -0.05) is 18.2 Å². The lowest BCUT2D eigenvalue weighted by Crippen LogP contribution is -2.35. The van der Waals surface area contributed by atoms with Crippen molar-refractivity contribution in [2.45, 2.75) is 17.7 Å². The van der Waals surface area contributed by atoms with E-state index < -0.39 is 21.7 Å². The van der Waals surface area contributed by atoms with Gasteiger partial charge in [-0.2, -0.15) is 0 Å². The van der Waals surface area contributed by atoms with Crippen molar-refractivity contribution in [3.63, 3.8) is 0 Å². The standard InChI is InChI=1S/C21H18FN3O3S/c22-17-9-12-20(23-14-17)24-21(26)16-7-10-18(11-8-16)29(27,28)25-13-3-5-15-4-1-2-6-19(15)25/h1-2,4,6-12,14H,3,5,13H2,(H,23,24,26). The Balaban J connectivity index is 1.56. The van der Waals surface area contributed by atoms with E-state index in [2.05, 4.69) is 10.3 Å². The smallest absolute Gasteiger partial charge is 0.264 e. The van der Waals surface area contributed by atoms with Gasteiger partial charge in [0, 0.05) is 12.1 Å². The maximum absolute atomic E-state index is 13.1. The van der Waals surface area contributed by atoms with Crippen LogP contribution in [-0.2, 0) is 16.4 Å². The maximum Gasteiger partial charge on any atom is 0.264 e. The molecule has 0 saturated carbocycles. The zero-order valence-corrected chi connectivity index (χ0v) is 16.2. The van der Waals surface area contributed by atoms with E-state index in [9.17, 15) is 17.6 Å². The highest BCUT2D eigenvalue weighted by Gasteiger charge is 2.28. The van der Waals surface area contributed by atoms with Crippen molar-refractivity contribution >= 4 is 27.4 Å². The van der Waals surface area contributed by atoms with Crippen LogP contribution < -0.4 is 9.62 Å². The van der Waals surface area contributed by atoms with E-state index >= 15 is 0 Å². The quantitative estimate of drug-likeness (QED) is 0.711. The van der Waals surface area contributed by atoms with E-state index in [0.717, 1.165) is 24.6 Å². The summed E-state index contributed by atoms with van der Waals surface area (Å²) in [5, 5.41) is 2.54. The zero-order valence-electron chi connectivity index (χ0n) is 15.4. The van der Waals surface area contributed by atoms with E-state index in [1.54, 1.807) is 0 Å². The van der Waals surface area contributed by atoms with Crippen LogP contribution in [0.25, 0.3) is 0 Å². The molecule has 0 saturated heterocycles. The minimum Gasteiger partial charge on any atom is -0.307 e. The number of anilines is 2. The second kappa shape index (κ2) is 7.63. The molecule has 3 aromatic rings. The molecule has 8 heteroatoms. The predicted octanol–water partition coefficient (Wildman–Crippen LogP) is 3.61. The molecule has 0 atom stereocenters. The molecule has 0 aliphatic carbocycles. The van der Waals surface area contributed by atoms with E-state index in [0.29, 0.717) is 12.2 Å². The van der Waals surface area contributed by atoms with E-state index in [1.165, 1.54) is 40.7 Å². The molecule has 0 spiro atoms. The Kier molecular flexibility index (Phi) is 5.02. The number of sulfonamides is 1. The lowest BCUT2D eigenvalue weighted by atomic mass is 10.0. The van der Waals surface area contributed by atoms with Gasteiger partial charge in [-0.05, 0) is 60.9 Å². The average molecular weight is 411 g/mol. The van der Waals surface area contributed by atoms with Gasteiger partial charge in [0.2, 0.25) is 0 Å². The van der Waals surface area contributed by atoms with Crippen molar-refractivity contribution in [2.75, 3.05) is 16.2 Å². The highest BCUT2D eigenvalue weighted by molar-refractivity contribution is 7.92. The molecule has 0 radical (unpaired) electrons. The van der Waals surface area contributed by atoms with Crippen molar-refractivity contribution in [1.82, 2.24) is 4.98 Å².